The molecule has 0 aliphatic rings. The predicted octanol–water partition coefficient (Wildman–Crippen LogP) is 7.66. The van der Waals surface area contributed by atoms with Crippen molar-refractivity contribution in [2.45, 2.75) is 70.2 Å². The van der Waals surface area contributed by atoms with Crippen molar-refractivity contribution in [2.24, 2.45) is 5.10 Å². The van der Waals surface area contributed by atoms with Gasteiger partial charge in [-0.3, -0.25) is 4.78 Å². The highest BCUT2D eigenvalue weighted by Crippen LogP contribution is 2.42. The first-order valence-electron chi connectivity index (χ1n) is 12.0. The van der Waals surface area contributed by atoms with E-state index in [0.717, 1.165) is 49.2 Å². The average Bonchev–Trinajstić information content (AvgIpc) is 2.87. The maximum absolute atomic E-state index is 9.76. The number of nitrogens with zero attached hydrogens (tertiary/aromatic N) is 2. The number of benzene rings is 2. The van der Waals surface area contributed by atoms with Gasteiger partial charge in [0.05, 0.1) is 12.3 Å². The number of aliphatic hydroxyl groups is 1. The molecule has 0 spiro atoms. The second-order valence-electron chi connectivity index (χ2n) is 8.48. The van der Waals surface area contributed by atoms with E-state index in [-0.39, 0.29) is 14.1 Å². The van der Waals surface area contributed by atoms with Gasteiger partial charge in [0.2, 0.25) is 0 Å². The van der Waals surface area contributed by atoms with Crippen LogP contribution in [0.4, 0.5) is 0 Å². The van der Waals surface area contributed by atoms with E-state index < -0.39 is 11.4 Å². The summed E-state index contributed by atoms with van der Waals surface area (Å²) in [6, 6.07) is 15.6. The van der Waals surface area contributed by atoms with Crippen molar-refractivity contribution >= 4 is 34.1 Å². The van der Waals surface area contributed by atoms with Crippen LogP contribution in [0, 0.1) is 0 Å². The van der Waals surface area contributed by atoms with E-state index in [4.69, 9.17) is 21.3 Å². The number of hydrogen-bond donors (Lipinski definition) is 1. The van der Waals surface area contributed by atoms with Crippen LogP contribution in [-0.2, 0) is 11.8 Å². The molecule has 0 fully saturated rings. The highest BCUT2D eigenvalue weighted by Gasteiger charge is 2.31. The standard InChI is InChI=1S/C27H38N2O3P2S/c1-7-19-27(10-4,32-25-17-13-23(14-18-25)21(5)30)33-29(6)28-20-22-11-15-24(16-12-22)31-26(8-2,9-3)34-35/h7,11-18,20-21,30,33H,1,8-10,19H2,2-6H3. The summed E-state index contributed by atoms with van der Waals surface area (Å²) in [4.78, 5) is 0. The Morgan fingerprint density at radius 3 is 2.11 bits per heavy atom. The summed E-state index contributed by atoms with van der Waals surface area (Å²) in [6.45, 7) is 12.0. The summed E-state index contributed by atoms with van der Waals surface area (Å²) in [7, 11) is 3.08. The van der Waals surface area contributed by atoms with E-state index in [0.29, 0.717) is 6.42 Å². The third-order valence-corrected chi connectivity index (χ3v) is 9.49. The van der Waals surface area contributed by atoms with Crippen LogP contribution >= 0.6 is 16.1 Å². The molecule has 2 aromatic rings. The fraction of sp³-hybridized carbons (Fsp3) is 0.444. The molecule has 8 heteroatoms. The van der Waals surface area contributed by atoms with Crippen molar-refractivity contribution in [3.63, 3.8) is 0 Å². The largest absolute Gasteiger partial charge is 0.481 e. The Morgan fingerprint density at radius 1 is 1.06 bits per heavy atom. The molecule has 35 heavy (non-hydrogen) atoms. The van der Waals surface area contributed by atoms with E-state index in [1.165, 1.54) is 0 Å². The molecule has 0 radical (unpaired) electrons. The van der Waals surface area contributed by atoms with Crippen LogP contribution < -0.4 is 9.47 Å². The lowest BCUT2D eigenvalue weighted by molar-refractivity contribution is 0.154. The van der Waals surface area contributed by atoms with Crippen LogP contribution in [0.3, 0.4) is 0 Å². The van der Waals surface area contributed by atoms with Gasteiger partial charge in [0.1, 0.15) is 16.8 Å². The monoisotopic (exact) mass is 532 g/mol. The molecule has 0 aliphatic heterocycles. The van der Waals surface area contributed by atoms with E-state index in [1.807, 2.05) is 72.6 Å². The Bertz CT molecular complexity index is 963. The summed E-state index contributed by atoms with van der Waals surface area (Å²) >= 11 is 5.30. The van der Waals surface area contributed by atoms with Crippen molar-refractivity contribution < 1.29 is 14.6 Å². The third kappa shape index (κ3) is 8.65. The highest BCUT2D eigenvalue weighted by atomic mass is 32.4. The van der Waals surface area contributed by atoms with Crippen LogP contribution in [0.1, 0.15) is 70.6 Å². The molecule has 3 unspecified atom stereocenters. The van der Waals surface area contributed by atoms with Crippen molar-refractivity contribution in [1.82, 2.24) is 4.78 Å². The van der Waals surface area contributed by atoms with E-state index in [1.54, 1.807) is 6.92 Å². The second kappa shape index (κ2) is 14.0. The quantitative estimate of drug-likeness (QED) is 0.110. The van der Waals surface area contributed by atoms with Crippen LogP contribution in [-0.4, -0.2) is 33.8 Å². The van der Waals surface area contributed by atoms with Crippen molar-refractivity contribution in [1.29, 1.82) is 0 Å². The van der Waals surface area contributed by atoms with Crippen LogP contribution in [0.5, 0.6) is 11.5 Å². The van der Waals surface area contributed by atoms with E-state index in [9.17, 15) is 5.11 Å². The zero-order chi connectivity index (χ0) is 25.9. The van der Waals surface area contributed by atoms with Crippen molar-refractivity contribution in [3.8, 4) is 11.5 Å². The van der Waals surface area contributed by atoms with Gasteiger partial charge in [-0.05, 0) is 73.7 Å². The lowest BCUT2D eigenvalue weighted by atomic mass is 10.1. The fourth-order valence-electron chi connectivity index (χ4n) is 3.54. The fourth-order valence-corrected chi connectivity index (χ4v) is 6.09. The zero-order valence-corrected chi connectivity index (χ0v) is 24.1. The van der Waals surface area contributed by atoms with Gasteiger partial charge in [0.25, 0.3) is 0 Å². The molecule has 3 atom stereocenters. The van der Waals surface area contributed by atoms with Gasteiger partial charge < -0.3 is 14.6 Å². The molecule has 190 valence electrons. The zero-order valence-electron chi connectivity index (χ0n) is 21.4. The van der Waals surface area contributed by atoms with Crippen LogP contribution in [0.15, 0.2) is 66.3 Å². The third-order valence-electron chi connectivity index (χ3n) is 5.93. The summed E-state index contributed by atoms with van der Waals surface area (Å²) < 4.78 is 14.6. The highest BCUT2D eigenvalue weighted by molar-refractivity contribution is 7.97. The Kier molecular flexibility index (Phi) is 11.8. The number of ether oxygens (including phenoxy) is 2. The number of hydrazone groups is 1. The minimum absolute atomic E-state index is 0.289. The van der Waals surface area contributed by atoms with Gasteiger partial charge in [-0.25, -0.2) is 0 Å². The lowest BCUT2D eigenvalue weighted by Crippen LogP contribution is -2.32. The van der Waals surface area contributed by atoms with Gasteiger partial charge in [-0.2, -0.15) is 5.10 Å². The maximum atomic E-state index is 9.76. The Hall–Kier alpha value is -1.84. The summed E-state index contributed by atoms with van der Waals surface area (Å²) in [5.74, 6) is 1.59. The normalized spacial score (nSPS) is 14.8. The molecule has 2 rings (SSSR count). The molecule has 0 amide bonds. The lowest BCUT2D eigenvalue weighted by Gasteiger charge is -2.35. The predicted molar refractivity (Wildman–Crippen MR) is 154 cm³/mol. The summed E-state index contributed by atoms with van der Waals surface area (Å²) in [5, 5.41) is 13.7. The topological polar surface area (TPSA) is 54.3 Å². The smallest absolute Gasteiger partial charge is 0.159 e. The van der Waals surface area contributed by atoms with Crippen molar-refractivity contribution in [2.75, 3.05) is 7.05 Å². The Morgan fingerprint density at radius 2 is 1.63 bits per heavy atom. The molecule has 1 N–H and O–H groups in total. The molecule has 0 bridgehead atoms. The number of hydrogen-bond acceptors (Lipinski definition) is 6. The van der Waals surface area contributed by atoms with Crippen LogP contribution in [0.2, 0.25) is 0 Å². The molecular formula is C27H38N2O3P2S. The van der Waals surface area contributed by atoms with Gasteiger partial charge in [-0.15, -0.1) is 6.58 Å². The first kappa shape index (κ1) is 29.4. The molecule has 0 saturated carbocycles. The Labute approximate surface area is 219 Å². The average molecular weight is 533 g/mol. The minimum atomic E-state index is -0.502. The van der Waals surface area contributed by atoms with Crippen molar-refractivity contribution in [3.05, 3.63) is 72.3 Å². The molecule has 2 aromatic carbocycles. The van der Waals surface area contributed by atoms with Gasteiger partial charge in [0, 0.05) is 29.6 Å². The van der Waals surface area contributed by atoms with Gasteiger partial charge in [0.15, 0.2) is 5.34 Å². The molecule has 0 aromatic heterocycles. The second-order valence-corrected chi connectivity index (χ2v) is 11.8. The SMILES string of the molecule is C=CCC(CC)(Oc1ccc(C(C)O)cc1)PN(C)N=Cc1ccc(OC(CC)(CC)P=S)cc1. The molecule has 0 saturated heterocycles. The van der Waals surface area contributed by atoms with Crippen LogP contribution in [0.25, 0.3) is 0 Å². The summed E-state index contributed by atoms with van der Waals surface area (Å²) in [5.41, 5.74) is 1.85. The van der Waals surface area contributed by atoms with Gasteiger partial charge in [-0.1, -0.05) is 50.8 Å². The van der Waals surface area contributed by atoms with E-state index in [2.05, 4.69) is 32.5 Å². The first-order chi connectivity index (χ1) is 16.7. The molecule has 5 nitrogen and oxygen atoms in total. The summed E-state index contributed by atoms with van der Waals surface area (Å²) in [6.07, 6.45) is 6.50. The van der Waals surface area contributed by atoms with Gasteiger partial charge >= 0.3 is 0 Å². The molecule has 0 heterocycles. The number of aliphatic hydroxyl groups excluding tert-OH is 1. The van der Waals surface area contributed by atoms with E-state index >= 15 is 0 Å². The minimum Gasteiger partial charge on any atom is -0.481 e. The molecular weight excluding hydrogens is 494 g/mol. The number of rotatable bonds is 15. The first-order valence-corrected chi connectivity index (χ1v) is 14.9. The molecule has 0 aliphatic carbocycles. The maximum Gasteiger partial charge on any atom is 0.159 e. The Balaban J connectivity index is 2.08.